The lowest BCUT2D eigenvalue weighted by Crippen LogP contribution is -1.95. The molecule has 0 aliphatic heterocycles. The molecule has 1 aromatic heterocycles. The van der Waals surface area contributed by atoms with Gasteiger partial charge in [0.2, 0.25) is 0 Å². The third-order valence-corrected chi connectivity index (χ3v) is 1.91. The van der Waals surface area contributed by atoms with Crippen molar-refractivity contribution >= 4 is 5.95 Å². The maximum Gasteiger partial charge on any atom is 0.468 e. The van der Waals surface area contributed by atoms with E-state index in [1.807, 2.05) is 30.3 Å². The summed E-state index contributed by atoms with van der Waals surface area (Å²) in [4.78, 5) is 17.0. The van der Waals surface area contributed by atoms with Crippen LogP contribution in [-0.4, -0.2) is 14.9 Å². The van der Waals surface area contributed by atoms with Crippen LogP contribution in [0.25, 0.3) is 11.1 Å². The van der Waals surface area contributed by atoms with Crippen LogP contribution in [-0.2, 0) is 0 Å². The molecule has 1 aromatic carbocycles. The van der Waals surface area contributed by atoms with Gasteiger partial charge < -0.3 is 10.1 Å². The number of nitro groups is 1. The molecule has 2 aromatic rings. The average molecular weight is 201 g/mol. The quantitative estimate of drug-likeness (QED) is 0.550. The zero-order valence-electron chi connectivity index (χ0n) is 7.70. The number of nitrogens with zero attached hydrogens (tertiary/aromatic N) is 3. The molecule has 2 rings (SSSR count). The standard InChI is InChI=1S/C10H7N3O2/c14-13(15)10-11-6-9(7-12-10)8-4-2-1-3-5-8/h1-7H. The van der Waals surface area contributed by atoms with Gasteiger partial charge in [-0.3, -0.25) is 0 Å². The SMILES string of the molecule is O=[N+]([O-])c1ncc(-c2ccccc2)cn1. The topological polar surface area (TPSA) is 68.9 Å². The first-order valence-corrected chi connectivity index (χ1v) is 4.29. The molecule has 0 saturated heterocycles. The number of benzene rings is 1. The number of hydrogen-bond donors (Lipinski definition) is 0. The van der Waals surface area contributed by atoms with Crippen molar-refractivity contribution in [3.8, 4) is 11.1 Å². The van der Waals surface area contributed by atoms with Crippen LogP contribution in [0, 0.1) is 10.1 Å². The Balaban J connectivity index is 2.36. The van der Waals surface area contributed by atoms with Crippen molar-refractivity contribution in [2.45, 2.75) is 0 Å². The Morgan fingerprint density at radius 1 is 1.00 bits per heavy atom. The molecule has 15 heavy (non-hydrogen) atoms. The third-order valence-electron chi connectivity index (χ3n) is 1.91. The van der Waals surface area contributed by atoms with Crippen LogP contribution in [0.2, 0.25) is 0 Å². The first kappa shape index (κ1) is 9.26. The number of rotatable bonds is 2. The zero-order valence-corrected chi connectivity index (χ0v) is 7.70. The highest BCUT2D eigenvalue weighted by atomic mass is 16.6. The minimum atomic E-state index is -0.616. The van der Waals surface area contributed by atoms with Gasteiger partial charge in [-0.2, -0.15) is 0 Å². The molecule has 0 aliphatic rings. The maximum absolute atomic E-state index is 10.3. The van der Waals surface area contributed by atoms with Crippen LogP contribution < -0.4 is 0 Å². The molecule has 0 unspecified atom stereocenters. The molecule has 0 radical (unpaired) electrons. The van der Waals surface area contributed by atoms with Gasteiger partial charge in [0, 0.05) is 0 Å². The fourth-order valence-electron chi connectivity index (χ4n) is 1.20. The first-order valence-electron chi connectivity index (χ1n) is 4.29. The van der Waals surface area contributed by atoms with Gasteiger partial charge in [-0.25, -0.2) is 0 Å². The van der Waals surface area contributed by atoms with Crippen LogP contribution in [0.15, 0.2) is 42.7 Å². The van der Waals surface area contributed by atoms with Gasteiger partial charge in [0.05, 0.1) is 5.56 Å². The Kier molecular flexibility index (Phi) is 2.37. The smallest absolute Gasteiger partial charge is 0.390 e. The second-order valence-corrected chi connectivity index (χ2v) is 2.89. The molecule has 0 saturated carbocycles. The molecule has 0 spiro atoms. The molecule has 0 bridgehead atoms. The van der Waals surface area contributed by atoms with E-state index in [1.165, 1.54) is 12.4 Å². The minimum absolute atomic E-state index is 0.380. The highest BCUT2D eigenvalue weighted by Gasteiger charge is 2.08. The average Bonchev–Trinajstić information content (AvgIpc) is 2.30. The molecular weight excluding hydrogens is 194 g/mol. The summed E-state index contributed by atoms with van der Waals surface area (Å²) >= 11 is 0. The summed E-state index contributed by atoms with van der Waals surface area (Å²) in [6.45, 7) is 0. The summed E-state index contributed by atoms with van der Waals surface area (Å²) in [5.74, 6) is -0.380. The van der Waals surface area contributed by atoms with Gasteiger partial charge in [0.1, 0.15) is 12.4 Å². The molecule has 1 heterocycles. The summed E-state index contributed by atoms with van der Waals surface area (Å²) in [5, 5.41) is 10.3. The fraction of sp³-hybridized carbons (Fsp3) is 0. The van der Waals surface area contributed by atoms with Gasteiger partial charge in [-0.05, 0) is 10.5 Å². The van der Waals surface area contributed by atoms with E-state index in [9.17, 15) is 10.1 Å². The summed E-state index contributed by atoms with van der Waals surface area (Å²) < 4.78 is 0. The maximum atomic E-state index is 10.3. The van der Waals surface area contributed by atoms with Gasteiger partial charge in [-0.1, -0.05) is 40.3 Å². The van der Waals surface area contributed by atoms with E-state index in [0.717, 1.165) is 11.1 Å². The predicted molar refractivity (Wildman–Crippen MR) is 54.1 cm³/mol. The van der Waals surface area contributed by atoms with Crippen molar-refractivity contribution in [3.63, 3.8) is 0 Å². The molecule has 0 atom stereocenters. The monoisotopic (exact) mass is 201 g/mol. The summed E-state index contributed by atoms with van der Waals surface area (Å²) in [6, 6.07) is 9.46. The predicted octanol–water partition coefficient (Wildman–Crippen LogP) is 2.05. The van der Waals surface area contributed by atoms with Gasteiger partial charge in [0.15, 0.2) is 0 Å². The van der Waals surface area contributed by atoms with Gasteiger partial charge in [0.25, 0.3) is 0 Å². The Hall–Kier alpha value is -2.30. The first-order chi connectivity index (χ1) is 7.27. The largest absolute Gasteiger partial charge is 0.468 e. The molecule has 74 valence electrons. The Labute approximate surface area is 85.6 Å². The number of aromatic nitrogens is 2. The molecular formula is C10H7N3O2. The lowest BCUT2D eigenvalue weighted by atomic mass is 10.1. The molecule has 0 amide bonds. The summed E-state index contributed by atoms with van der Waals surface area (Å²) in [6.07, 6.45) is 2.89. The molecule has 0 N–H and O–H groups in total. The van der Waals surface area contributed by atoms with Gasteiger partial charge in [-0.15, -0.1) is 0 Å². The van der Waals surface area contributed by atoms with E-state index < -0.39 is 4.92 Å². The Morgan fingerprint density at radius 2 is 1.60 bits per heavy atom. The van der Waals surface area contributed by atoms with Crippen molar-refractivity contribution in [2.75, 3.05) is 0 Å². The highest BCUT2D eigenvalue weighted by Crippen LogP contribution is 2.17. The van der Waals surface area contributed by atoms with Crippen molar-refractivity contribution in [3.05, 3.63) is 52.8 Å². The van der Waals surface area contributed by atoms with E-state index in [2.05, 4.69) is 9.97 Å². The van der Waals surface area contributed by atoms with Crippen molar-refractivity contribution in [1.29, 1.82) is 0 Å². The van der Waals surface area contributed by atoms with E-state index in [0.29, 0.717) is 0 Å². The third kappa shape index (κ3) is 1.96. The molecule has 0 fully saturated rings. The van der Waals surface area contributed by atoms with Crippen molar-refractivity contribution in [1.82, 2.24) is 9.97 Å². The summed E-state index contributed by atoms with van der Waals surface area (Å²) in [7, 11) is 0. The van der Waals surface area contributed by atoms with Crippen LogP contribution in [0.4, 0.5) is 5.95 Å². The Bertz CT molecular complexity index is 468. The molecule has 5 heteroatoms. The summed E-state index contributed by atoms with van der Waals surface area (Å²) in [5.41, 5.74) is 1.70. The van der Waals surface area contributed by atoms with E-state index >= 15 is 0 Å². The van der Waals surface area contributed by atoms with Crippen LogP contribution >= 0.6 is 0 Å². The van der Waals surface area contributed by atoms with Gasteiger partial charge >= 0.3 is 5.95 Å². The van der Waals surface area contributed by atoms with Crippen LogP contribution in [0.3, 0.4) is 0 Å². The lowest BCUT2D eigenvalue weighted by molar-refractivity contribution is -0.394. The normalized spacial score (nSPS) is 9.87. The van der Waals surface area contributed by atoms with E-state index in [-0.39, 0.29) is 5.95 Å². The second kappa shape index (κ2) is 3.83. The number of hydrogen-bond acceptors (Lipinski definition) is 4. The second-order valence-electron chi connectivity index (χ2n) is 2.89. The molecule has 0 aliphatic carbocycles. The lowest BCUT2D eigenvalue weighted by Gasteiger charge is -1.96. The zero-order chi connectivity index (χ0) is 10.7. The fourth-order valence-corrected chi connectivity index (χ4v) is 1.20. The van der Waals surface area contributed by atoms with E-state index in [4.69, 9.17) is 0 Å². The van der Waals surface area contributed by atoms with Crippen molar-refractivity contribution in [2.24, 2.45) is 0 Å². The Morgan fingerprint density at radius 3 is 2.13 bits per heavy atom. The highest BCUT2D eigenvalue weighted by molar-refractivity contribution is 5.61. The van der Waals surface area contributed by atoms with Crippen LogP contribution in [0.1, 0.15) is 0 Å². The minimum Gasteiger partial charge on any atom is -0.390 e. The van der Waals surface area contributed by atoms with Crippen LogP contribution in [0.5, 0.6) is 0 Å². The van der Waals surface area contributed by atoms with E-state index in [1.54, 1.807) is 0 Å². The van der Waals surface area contributed by atoms with Crippen molar-refractivity contribution < 1.29 is 4.92 Å². The molecule has 5 nitrogen and oxygen atoms in total.